The minimum Gasteiger partial charge on any atom is -0.396 e. The Balaban J connectivity index is 2.52. The molecule has 0 aliphatic carbocycles. The number of hydrogen-bond donors (Lipinski definition) is 3. The highest BCUT2D eigenvalue weighted by molar-refractivity contribution is 6.33. The van der Waals surface area contributed by atoms with Crippen LogP contribution in [0.1, 0.15) is 23.7 Å². The van der Waals surface area contributed by atoms with Gasteiger partial charge in [-0.3, -0.25) is 9.59 Å². The van der Waals surface area contributed by atoms with Crippen LogP contribution in [-0.2, 0) is 4.79 Å². The zero-order valence-electron chi connectivity index (χ0n) is 10.6. The fraction of sp³-hybridized carbons (Fsp3) is 0.385. The molecule has 1 aromatic rings. The van der Waals surface area contributed by atoms with E-state index in [9.17, 15) is 9.59 Å². The van der Waals surface area contributed by atoms with E-state index >= 15 is 0 Å². The van der Waals surface area contributed by atoms with Gasteiger partial charge in [0.05, 0.1) is 10.6 Å². The molecule has 3 N–H and O–H groups in total. The lowest BCUT2D eigenvalue weighted by molar-refractivity contribution is -0.122. The van der Waals surface area contributed by atoms with Gasteiger partial charge in [0.1, 0.15) is 6.04 Å². The molecular weight excluding hydrogens is 268 g/mol. The molecule has 1 unspecified atom stereocenters. The number of carbonyl (C=O) groups excluding carboxylic acids is 2. The standard InChI is InChI=1S/C13H17ClN2O3/c1-9(12(18)15-7-4-8-17)16-13(19)10-5-2-3-6-11(10)14/h2-3,5-6,9,17H,4,7-8H2,1H3,(H,15,18)(H,16,19). The van der Waals surface area contributed by atoms with E-state index < -0.39 is 11.9 Å². The largest absolute Gasteiger partial charge is 0.396 e. The maximum atomic E-state index is 11.9. The highest BCUT2D eigenvalue weighted by atomic mass is 35.5. The Labute approximate surface area is 117 Å². The number of aliphatic hydroxyl groups is 1. The Morgan fingerprint density at radius 2 is 2.05 bits per heavy atom. The minimum absolute atomic E-state index is 0.0145. The fourth-order valence-corrected chi connectivity index (χ4v) is 1.65. The van der Waals surface area contributed by atoms with Crippen LogP contribution in [0.15, 0.2) is 24.3 Å². The van der Waals surface area contributed by atoms with Crippen molar-refractivity contribution in [2.24, 2.45) is 0 Å². The highest BCUT2D eigenvalue weighted by Crippen LogP contribution is 2.14. The zero-order valence-corrected chi connectivity index (χ0v) is 11.4. The topological polar surface area (TPSA) is 78.4 Å². The highest BCUT2D eigenvalue weighted by Gasteiger charge is 2.17. The van der Waals surface area contributed by atoms with Gasteiger partial charge in [0.25, 0.3) is 5.91 Å². The van der Waals surface area contributed by atoms with Gasteiger partial charge in [0.2, 0.25) is 5.91 Å². The van der Waals surface area contributed by atoms with Crippen molar-refractivity contribution in [3.63, 3.8) is 0 Å². The second-order valence-corrected chi connectivity index (χ2v) is 4.45. The molecule has 0 fully saturated rings. The average Bonchev–Trinajstić information content (AvgIpc) is 2.39. The summed E-state index contributed by atoms with van der Waals surface area (Å²) in [5, 5.41) is 14.1. The van der Waals surface area contributed by atoms with Crippen LogP contribution in [0.4, 0.5) is 0 Å². The van der Waals surface area contributed by atoms with Crippen molar-refractivity contribution in [3.05, 3.63) is 34.9 Å². The van der Waals surface area contributed by atoms with Gasteiger partial charge in [-0.1, -0.05) is 23.7 Å². The predicted octanol–water partition coefficient (Wildman–Crippen LogP) is 0.957. The second kappa shape index (κ2) is 7.76. The van der Waals surface area contributed by atoms with Crippen molar-refractivity contribution >= 4 is 23.4 Å². The van der Waals surface area contributed by atoms with Gasteiger partial charge in [0, 0.05) is 13.2 Å². The van der Waals surface area contributed by atoms with Crippen LogP contribution >= 0.6 is 11.6 Å². The maximum absolute atomic E-state index is 11.9. The first-order chi connectivity index (χ1) is 9.06. The fourth-order valence-electron chi connectivity index (χ4n) is 1.43. The molecular formula is C13H17ClN2O3. The number of aliphatic hydroxyl groups excluding tert-OH is 1. The number of carbonyl (C=O) groups is 2. The summed E-state index contributed by atoms with van der Waals surface area (Å²) >= 11 is 5.90. The number of hydrogen-bond acceptors (Lipinski definition) is 3. The maximum Gasteiger partial charge on any atom is 0.253 e. The third-order valence-electron chi connectivity index (χ3n) is 2.49. The van der Waals surface area contributed by atoms with Crippen LogP contribution in [0.3, 0.4) is 0 Å². The summed E-state index contributed by atoms with van der Waals surface area (Å²) in [6.07, 6.45) is 0.483. The summed E-state index contributed by atoms with van der Waals surface area (Å²) < 4.78 is 0. The summed E-state index contributed by atoms with van der Waals surface area (Å²) in [5.74, 6) is -0.690. The van der Waals surface area contributed by atoms with Crippen molar-refractivity contribution in [1.29, 1.82) is 0 Å². The Morgan fingerprint density at radius 1 is 1.37 bits per heavy atom. The summed E-state index contributed by atoms with van der Waals surface area (Å²) in [6.45, 7) is 1.98. The van der Waals surface area contributed by atoms with E-state index in [-0.39, 0.29) is 12.5 Å². The van der Waals surface area contributed by atoms with Crippen LogP contribution in [0.25, 0.3) is 0 Å². The van der Waals surface area contributed by atoms with Crippen molar-refractivity contribution < 1.29 is 14.7 Å². The average molecular weight is 285 g/mol. The molecule has 0 bridgehead atoms. The Bertz CT molecular complexity index is 451. The summed E-state index contributed by atoms with van der Waals surface area (Å²) in [7, 11) is 0. The van der Waals surface area contributed by atoms with Gasteiger partial charge < -0.3 is 15.7 Å². The molecule has 0 spiro atoms. The lowest BCUT2D eigenvalue weighted by Gasteiger charge is -2.14. The van der Waals surface area contributed by atoms with Gasteiger partial charge in [-0.2, -0.15) is 0 Å². The van der Waals surface area contributed by atoms with E-state index in [4.69, 9.17) is 16.7 Å². The van der Waals surface area contributed by atoms with Crippen molar-refractivity contribution in [3.8, 4) is 0 Å². The monoisotopic (exact) mass is 284 g/mol. The van der Waals surface area contributed by atoms with Crippen LogP contribution in [-0.4, -0.2) is 36.1 Å². The number of benzene rings is 1. The van der Waals surface area contributed by atoms with E-state index in [1.165, 1.54) is 0 Å². The Kier molecular flexibility index (Phi) is 6.32. The first kappa shape index (κ1) is 15.5. The van der Waals surface area contributed by atoms with E-state index in [1.807, 2.05) is 0 Å². The molecule has 1 aromatic carbocycles. The van der Waals surface area contributed by atoms with Crippen LogP contribution in [0, 0.1) is 0 Å². The van der Waals surface area contributed by atoms with Gasteiger partial charge in [-0.15, -0.1) is 0 Å². The molecule has 2 amide bonds. The Hall–Kier alpha value is -1.59. The second-order valence-electron chi connectivity index (χ2n) is 4.04. The molecule has 6 heteroatoms. The number of nitrogens with one attached hydrogen (secondary N) is 2. The summed E-state index contributed by atoms with van der Waals surface area (Å²) in [4.78, 5) is 23.5. The molecule has 19 heavy (non-hydrogen) atoms. The molecule has 1 atom stereocenters. The molecule has 0 heterocycles. The number of halogens is 1. The van der Waals surface area contributed by atoms with E-state index in [0.29, 0.717) is 23.6 Å². The molecule has 0 radical (unpaired) electrons. The lowest BCUT2D eigenvalue weighted by Crippen LogP contribution is -2.45. The molecule has 1 rings (SSSR count). The van der Waals surface area contributed by atoms with Crippen LogP contribution in [0.2, 0.25) is 5.02 Å². The quantitative estimate of drug-likeness (QED) is 0.681. The third kappa shape index (κ3) is 4.89. The first-order valence-electron chi connectivity index (χ1n) is 6.00. The number of amides is 2. The molecule has 0 aliphatic heterocycles. The van der Waals surface area contributed by atoms with E-state index in [0.717, 1.165) is 0 Å². The summed E-state index contributed by atoms with van der Waals surface area (Å²) in [6, 6.07) is 5.97. The van der Waals surface area contributed by atoms with E-state index in [1.54, 1.807) is 31.2 Å². The minimum atomic E-state index is -0.664. The van der Waals surface area contributed by atoms with Crippen molar-refractivity contribution in [2.75, 3.05) is 13.2 Å². The van der Waals surface area contributed by atoms with Gasteiger partial charge in [-0.25, -0.2) is 0 Å². The van der Waals surface area contributed by atoms with Gasteiger partial charge >= 0.3 is 0 Å². The van der Waals surface area contributed by atoms with Crippen molar-refractivity contribution in [1.82, 2.24) is 10.6 Å². The lowest BCUT2D eigenvalue weighted by atomic mass is 10.2. The van der Waals surface area contributed by atoms with Gasteiger partial charge in [-0.05, 0) is 25.5 Å². The third-order valence-corrected chi connectivity index (χ3v) is 2.82. The molecule has 0 aliphatic rings. The van der Waals surface area contributed by atoms with E-state index in [2.05, 4.69) is 10.6 Å². The number of rotatable bonds is 6. The van der Waals surface area contributed by atoms with Gasteiger partial charge in [0.15, 0.2) is 0 Å². The normalized spacial score (nSPS) is 11.7. The Morgan fingerprint density at radius 3 is 2.68 bits per heavy atom. The summed E-state index contributed by atoms with van der Waals surface area (Å²) in [5.41, 5.74) is 0.333. The SMILES string of the molecule is CC(NC(=O)c1ccccc1Cl)C(=O)NCCCO. The van der Waals surface area contributed by atoms with Crippen LogP contribution < -0.4 is 10.6 Å². The molecule has 0 aromatic heterocycles. The molecule has 0 saturated heterocycles. The molecule has 104 valence electrons. The molecule has 5 nitrogen and oxygen atoms in total. The van der Waals surface area contributed by atoms with Crippen molar-refractivity contribution in [2.45, 2.75) is 19.4 Å². The smallest absolute Gasteiger partial charge is 0.253 e. The molecule has 0 saturated carbocycles. The first-order valence-corrected chi connectivity index (χ1v) is 6.38. The predicted molar refractivity (Wildman–Crippen MR) is 73.1 cm³/mol. The van der Waals surface area contributed by atoms with Crippen LogP contribution in [0.5, 0.6) is 0 Å². The zero-order chi connectivity index (χ0) is 14.3.